The van der Waals surface area contributed by atoms with E-state index in [4.69, 9.17) is 23.2 Å². The van der Waals surface area contributed by atoms with Crippen LogP contribution in [0.4, 0.5) is 0 Å². The second-order valence-electron chi connectivity index (χ2n) is 3.73. The summed E-state index contributed by atoms with van der Waals surface area (Å²) in [5, 5.41) is 8.38. The summed E-state index contributed by atoms with van der Waals surface area (Å²) < 4.78 is 9.99. The molecule has 0 aliphatic rings. The number of fused-ring (bicyclic) bond motifs is 1. The van der Waals surface area contributed by atoms with E-state index < -0.39 is 0 Å². The lowest BCUT2D eigenvalue weighted by atomic mass is 10.2. The Bertz CT molecular complexity index is 705. The van der Waals surface area contributed by atoms with Gasteiger partial charge in [-0.05, 0) is 19.1 Å². The van der Waals surface area contributed by atoms with Crippen molar-refractivity contribution in [1.82, 2.24) is 23.7 Å². The van der Waals surface area contributed by atoms with E-state index in [2.05, 4.69) is 19.1 Å². The van der Waals surface area contributed by atoms with Gasteiger partial charge < -0.3 is 0 Å². The molecule has 8 heteroatoms. The van der Waals surface area contributed by atoms with Crippen molar-refractivity contribution >= 4 is 46.0 Å². The monoisotopic (exact) mass is 299 g/mol. The van der Waals surface area contributed by atoms with Crippen molar-refractivity contribution in [2.45, 2.75) is 12.3 Å². The lowest BCUT2D eigenvalue weighted by molar-refractivity contribution is 0.800. The Hall–Kier alpha value is -1.24. The molecule has 3 rings (SSSR count). The lowest BCUT2D eigenvalue weighted by Gasteiger charge is -2.03. The van der Waals surface area contributed by atoms with Crippen LogP contribution < -0.4 is 0 Å². The summed E-state index contributed by atoms with van der Waals surface area (Å²) in [6, 6.07) is 3.60. The van der Waals surface area contributed by atoms with E-state index in [1.54, 1.807) is 16.9 Å². The molecule has 0 aliphatic carbocycles. The van der Waals surface area contributed by atoms with Gasteiger partial charge >= 0.3 is 0 Å². The van der Waals surface area contributed by atoms with Crippen molar-refractivity contribution < 1.29 is 0 Å². The van der Waals surface area contributed by atoms with E-state index in [-0.39, 0.29) is 5.38 Å². The van der Waals surface area contributed by atoms with E-state index in [0.29, 0.717) is 21.9 Å². The highest BCUT2D eigenvalue weighted by atomic mass is 35.5. The highest BCUT2D eigenvalue weighted by molar-refractivity contribution is 7.00. The lowest BCUT2D eigenvalue weighted by Crippen LogP contribution is -1.97. The Kier molecular flexibility index (Phi) is 2.93. The zero-order valence-corrected chi connectivity index (χ0v) is 11.5. The van der Waals surface area contributed by atoms with Gasteiger partial charge in [0.05, 0.1) is 28.3 Å². The van der Waals surface area contributed by atoms with Crippen LogP contribution in [0.3, 0.4) is 0 Å². The molecule has 2 aromatic heterocycles. The first-order valence-electron chi connectivity index (χ1n) is 5.14. The molecule has 1 aromatic carbocycles. The molecular weight excluding hydrogens is 293 g/mol. The first-order valence-corrected chi connectivity index (χ1v) is 6.69. The standard InChI is InChI=1S/C10H7Cl2N5S/c1-5(11)8-4-17(16-13-8)10-6(12)2-3-7-9(10)15-18-14-7/h2-5H,1H3. The molecule has 0 amide bonds. The second kappa shape index (κ2) is 4.46. The molecule has 18 heavy (non-hydrogen) atoms. The first-order chi connectivity index (χ1) is 8.66. The van der Waals surface area contributed by atoms with Crippen molar-refractivity contribution in [2.75, 3.05) is 0 Å². The van der Waals surface area contributed by atoms with Crippen LogP contribution in [0.2, 0.25) is 5.02 Å². The summed E-state index contributed by atoms with van der Waals surface area (Å²) in [6.07, 6.45) is 1.75. The third-order valence-electron chi connectivity index (χ3n) is 2.50. The van der Waals surface area contributed by atoms with Gasteiger partial charge in [-0.1, -0.05) is 16.8 Å². The first kappa shape index (κ1) is 11.8. The normalized spacial score (nSPS) is 13.1. The molecule has 2 heterocycles. The van der Waals surface area contributed by atoms with Crippen LogP contribution in [0.25, 0.3) is 16.7 Å². The molecule has 0 saturated heterocycles. The van der Waals surface area contributed by atoms with Crippen LogP contribution in [0.5, 0.6) is 0 Å². The van der Waals surface area contributed by atoms with Gasteiger partial charge in [-0.25, -0.2) is 4.68 Å². The Morgan fingerprint density at radius 1 is 1.33 bits per heavy atom. The quantitative estimate of drug-likeness (QED) is 0.682. The maximum absolute atomic E-state index is 6.20. The minimum absolute atomic E-state index is 0.203. The van der Waals surface area contributed by atoms with Crippen LogP contribution in [0.1, 0.15) is 18.0 Å². The minimum Gasteiger partial charge on any atom is -0.217 e. The maximum Gasteiger partial charge on any atom is 0.132 e. The van der Waals surface area contributed by atoms with E-state index in [9.17, 15) is 0 Å². The van der Waals surface area contributed by atoms with Crippen LogP contribution in [-0.2, 0) is 0 Å². The number of benzene rings is 1. The molecular formula is C10H7Cl2N5S. The third-order valence-corrected chi connectivity index (χ3v) is 3.57. The van der Waals surface area contributed by atoms with Crippen molar-refractivity contribution in [1.29, 1.82) is 0 Å². The molecule has 3 aromatic rings. The van der Waals surface area contributed by atoms with Crippen LogP contribution in [0.15, 0.2) is 18.3 Å². The predicted octanol–water partition coefficient (Wildman–Crippen LogP) is 3.23. The fourth-order valence-electron chi connectivity index (χ4n) is 1.60. The van der Waals surface area contributed by atoms with Gasteiger partial charge in [-0.3, -0.25) is 0 Å². The van der Waals surface area contributed by atoms with Crippen molar-refractivity contribution in [3.8, 4) is 5.69 Å². The molecule has 0 saturated carbocycles. The summed E-state index contributed by atoms with van der Waals surface area (Å²) >= 11 is 13.3. The molecule has 0 aliphatic heterocycles. The van der Waals surface area contributed by atoms with Gasteiger partial charge in [0.15, 0.2) is 0 Å². The van der Waals surface area contributed by atoms with Crippen molar-refractivity contribution in [3.63, 3.8) is 0 Å². The predicted molar refractivity (Wildman–Crippen MR) is 71.6 cm³/mol. The minimum atomic E-state index is -0.203. The molecule has 1 unspecified atom stereocenters. The van der Waals surface area contributed by atoms with Gasteiger partial charge in [0.1, 0.15) is 22.4 Å². The largest absolute Gasteiger partial charge is 0.217 e. The fourth-order valence-corrected chi connectivity index (χ4v) is 2.48. The van der Waals surface area contributed by atoms with Gasteiger partial charge in [-0.2, -0.15) is 8.75 Å². The molecule has 5 nitrogen and oxygen atoms in total. The molecule has 1 atom stereocenters. The second-order valence-corrected chi connectivity index (χ2v) is 5.32. The Morgan fingerprint density at radius 2 is 2.17 bits per heavy atom. The number of hydrogen-bond acceptors (Lipinski definition) is 5. The number of hydrogen-bond donors (Lipinski definition) is 0. The average Bonchev–Trinajstić information content (AvgIpc) is 2.95. The topological polar surface area (TPSA) is 56.5 Å². The van der Waals surface area contributed by atoms with Crippen molar-refractivity contribution in [3.05, 3.63) is 29.0 Å². The van der Waals surface area contributed by atoms with E-state index in [1.165, 1.54) is 0 Å². The fraction of sp³-hybridized carbons (Fsp3) is 0.200. The molecule has 0 fully saturated rings. The summed E-state index contributed by atoms with van der Waals surface area (Å²) in [4.78, 5) is 0. The van der Waals surface area contributed by atoms with Gasteiger partial charge in [0.25, 0.3) is 0 Å². The number of aromatic nitrogens is 5. The van der Waals surface area contributed by atoms with Crippen molar-refractivity contribution in [2.24, 2.45) is 0 Å². The molecule has 0 radical (unpaired) electrons. The van der Waals surface area contributed by atoms with E-state index in [1.807, 2.05) is 13.0 Å². The summed E-state index contributed by atoms with van der Waals surface area (Å²) in [5.41, 5.74) is 2.87. The molecule has 92 valence electrons. The molecule has 0 bridgehead atoms. The maximum atomic E-state index is 6.20. The van der Waals surface area contributed by atoms with Crippen LogP contribution in [-0.4, -0.2) is 23.7 Å². The molecule has 0 N–H and O–H groups in total. The smallest absolute Gasteiger partial charge is 0.132 e. The van der Waals surface area contributed by atoms with Crippen LogP contribution in [0, 0.1) is 0 Å². The number of alkyl halides is 1. The SMILES string of the molecule is CC(Cl)c1cn(-c2c(Cl)ccc3nsnc23)nn1. The number of nitrogens with zero attached hydrogens (tertiary/aromatic N) is 5. The zero-order valence-electron chi connectivity index (χ0n) is 9.21. The van der Waals surface area contributed by atoms with Gasteiger partial charge in [0.2, 0.25) is 0 Å². The summed E-state index contributed by atoms with van der Waals surface area (Å²) in [6.45, 7) is 1.84. The Morgan fingerprint density at radius 3 is 2.89 bits per heavy atom. The zero-order chi connectivity index (χ0) is 12.7. The summed E-state index contributed by atoms with van der Waals surface area (Å²) in [7, 11) is 0. The number of rotatable bonds is 2. The highest BCUT2D eigenvalue weighted by Crippen LogP contribution is 2.28. The Balaban J connectivity index is 2.23. The summed E-state index contributed by atoms with van der Waals surface area (Å²) in [5.74, 6) is 0. The van der Waals surface area contributed by atoms with E-state index >= 15 is 0 Å². The van der Waals surface area contributed by atoms with Gasteiger partial charge in [-0.15, -0.1) is 16.7 Å². The molecule has 0 spiro atoms. The average molecular weight is 300 g/mol. The van der Waals surface area contributed by atoms with E-state index in [0.717, 1.165) is 17.2 Å². The van der Waals surface area contributed by atoms with Crippen LogP contribution >= 0.6 is 34.9 Å². The third kappa shape index (κ3) is 1.86. The highest BCUT2D eigenvalue weighted by Gasteiger charge is 2.15. The number of halogens is 2. The Labute approximate surface area is 117 Å². The van der Waals surface area contributed by atoms with Gasteiger partial charge in [0, 0.05) is 0 Å².